The van der Waals surface area contributed by atoms with Gasteiger partial charge >= 0.3 is 5.97 Å². The van der Waals surface area contributed by atoms with Gasteiger partial charge in [0, 0.05) is 24.2 Å². The van der Waals surface area contributed by atoms with Crippen LogP contribution in [0.4, 0.5) is 11.8 Å². The first-order chi connectivity index (χ1) is 16.5. The zero-order valence-electron chi connectivity index (χ0n) is 19.3. The molecule has 0 aromatic carbocycles. The predicted octanol–water partition coefficient (Wildman–Crippen LogP) is 4.49. The molecule has 4 rings (SSSR count). The number of nitrogens with one attached hydrogen (secondary N) is 2. The van der Waals surface area contributed by atoms with Crippen LogP contribution >= 0.6 is 11.6 Å². The average Bonchev–Trinajstić information content (AvgIpc) is 2.85. The Morgan fingerprint density at radius 3 is 2.65 bits per heavy atom. The van der Waals surface area contributed by atoms with E-state index in [0.717, 1.165) is 48.9 Å². The number of halogens is 1. The number of ether oxygens (including phenoxy) is 2. The van der Waals surface area contributed by atoms with Crippen molar-refractivity contribution >= 4 is 40.2 Å². The first-order valence-corrected chi connectivity index (χ1v) is 12.0. The summed E-state index contributed by atoms with van der Waals surface area (Å²) in [6, 6.07) is 6.29. The highest BCUT2D eigenvalue weighted by Crippen LogP contribution is 2.28. The standard InChI is InChI=1S/C24H29ClN6O3/c1-3-33-23(32)15(2)34-19-13-28-24(29-14-19)27-12-16-4-7-18(8-5-16)30-20-9-6-17-10-11-26-22(25)21(17)31-20/h6,9-11,13-16,18H,3-5,7-8,12H2,1-2H3,(H,30,31)(H,27,28,29). The monoisotopic (exact) mass is 484 g/mol. The summed E-state index contributed by atoms with van der Waals surface area (Å²) in [6.07, 6.45) is 8.42. The number of hydrogen-bond donors (Lipinski definition) is 2. The van der Waals surface area contributed by atoms with Crippen LogP contribution in [-0.4, -0.2) is 51.2 Å². The van der Waals surface area contributed by atoms with E-state index in [4.69, 9.17) is 21.1 Å². The SMILES string of the molecule is CCOC(=O)C(C)Oc1cnc(NCC2CCC(Nc3ccc4ccnc(Cl)c4n3)CC2)nc1. The second kappa shape index (κ2) is 11.3. The minimum atomic E-state index is -0.704. The minimum absolute atomic E-state index is 0.316. The largest absolute Gasteiger partial charge is 0.476 e. The van der Waals surface area contributed by atoms with Crippen molar-refractivity contribution in [2.24, 2.45) is 5.92 Å². The van der Waals surface area contributed by atoms with E-state index < -0.39 is 12.1 Å². The quantitative estimate of drug-likeness (QED) is 0.335. The van der Waals surface area contributed by atoms with Gasteiger partial charge in [0.2, 0.25) is 5.95 Å². The molecule has 0 amide bonds. The lowest BCUT2D eigenvalue weighted by molar-refractivity contribution is -0.150. The van der Waals surface area contributed by atoms with Crippen molar-refractivity contribution in [1.29, 1.82) is 0 Å². The van der Waals surface area contributed by atoms with Crippen LogP contribution in [0.3, 0.4) is 0 Å². The highest BCUT2D eigenvalue weighted by atomic mass is 35.5. The van der Waals surface area contributed by atoms with Gasteiger partial charge in [-0.3, -0.25) is 0 Å². The molecule has 1 saturated carbocycles. The van der Waals surface area contributed by atoms with Crippen LogP contribution < -0.4 is 15.4 Å². The van der Waals surface area contributed by atoms with Gasteiger partial charge in [-0.15, -0.1) is 0 Å². The fraction of sp³-hybridized carbons (Fsp3) is 0.458. The highest BCUT2D eigenvalue weighted by molar-refractivity contribution is 6.33. The highest BCUT2D eigenvalue weighted by Gasteiger charge is 2.22. The molecule has 1 atom stereocenters. The Balaban J connectivity index is 1.21. The van der Waals surface area contributed by atoms with E-state index in [-0.39, 0.29) is 0 Å². The molecule has 3 aromatic heterocycles. The van der Waals surface area contributed by atoms with Gasteiger partial charge in [-0.05, 0) is 63.6 Å². The van der Waals surface area contributed by atoms with Crippen LogP contribution in [0, 0.1) is 5.92 Å². The molecule has 0 radical (unpaired) electrons. The van der Waals surface area contributed by atoms with Crippen LogP contribution in [0.25, 0.3) is 10.9 Å². The van der Waals surface area contributed by atoms with Crippen LogP contribution in [-0.2, 0) is 9.53 Å². The summed E-state index contributed by atoms with van der Waals surface area (Å²) in [4.78, 5) is 29.0. The molecule has 3 heterocycles. The Morgan fingerprint density at radius 2 is 1.91 bits per heavy atom. The van der Waals surface area contributed by atoms with Crippen molar-refractivity contribution in [2.45, 2.75) is 51.7 Å². The van der Waals surface area contributed by atoms with Crippen LogP contribution in [0.5, 0.6) is 5.75 Å². The number of carbonyl (C=O) groups is 1. The van der Waals surface area contributed by atoms with E-state index in [1.165, 1.54) is 0 Å². The molecular weight excluding hydrogens is 456 g/mol. The lowest BCUT2D eigenvalue weighted by Crippen LogP contribution is -2.29. The van der Waals surface area contributed by atoms with Crippen molar-refractivity contribution in [3.63, 3.8) is 0 Å². The smallest absolute Gasteiger partial charge is 0.347 e. The molecular formula is C24H29ClN6O3. The van der Waals surface area contributed by atoms with Crippen molar-refractivity contribution in [3.8, 4) is 5.75 Å². The maximum atomic E-state index is 11.7. The van der Waals surface area contributed by atoms with Crippen LogP contribution in [0.15, 0.2) is 36.8 Å². The zero-order chi connectivity index (χ0) is 23.9. The normalized spacial score (nSPS) is 18.8. The van der Waals surface area contributed by atoms with Gasteiger partial charge in [-0.2, -0.15) is 0 Å². The van der Waals surface area contributed by atoms with Gasteiger partial charge < -0.3 is 20.1 Å². The van der Waals surface area contributed by atoms with E-state index in [0.29, 0.717) is 35.4 Å². The third-order valence-corrected chi connectivity index (χ3v) is 6.15. The van der Waals surface area contributed by atoms with Gasteiger partial charge in [0.1, 0.15) is 11.3 Å². The summed E-state index contributed by atoms with van der Waals surface area (Å²) in [5.41, 5.74) is 0.721. The third kappa shape index (κ3) is 6.22. The lowest BCUT2D eigenvalue weighted by Gasteiger charge is -2.29. The van der Waals surface area contributed by atoms with E-state index in [1.54, 1.807) is 32.4 Å². The number of nitrogens with zero attached hydrogens (tertiary/aromatic N) is 4. The second-order valence-electron chi connectivity index (χ2n) is 8.37. The first kappa shape index (κ1) is 23.9. The topological polar surface area (TPSA) is 111 Å². The number of fused-ring (bicyclic) bond motifs is 1. The van der Waals surface area contributed by atoms with Gasteiger partial charge in [0.05, 0.1) is 19.0 Å². The molecule has 1 fully saturated rings. The van der Waals surface area contributed by atoms with Crippen molar-refractivity contribution in [2.75, 3.05) is 23.8 Å². The molecule has 9 nitrogen and oxygen atoms in total. The molecule has 2 N–H and O–H groups in total. The van der Waals surface area contributed by atoms with Crippen molar-refractivity contribution in [3.05, 3.63) is 41.9 Å². The fourth-order valence-electron chi connectivity index (χ4n) is 4.03. The Labute approximate surface area is 203 Å². The van der Waals surface area contributed by atoms with E-state index in [2.05, 4.69) is 30.6 Å². The van der Waals surface area contributed by atoms with Gasteiger partial charge in [-0.25, -0.2) is 24.7 Å². The molecule has 34 heavy (non-hydrogen) atoms. The number of rotatable bonds is 9. The summed E-state index contributed by atoms with van der Waals surface area (Å²) in [7, 11) is 0. The Hall–Kier alpha value is -3.20. The van der Waals surface area contributed by atoms with E-state index >= 15 is 0 Å². The number of aromatic nitrogens is 4. The maximum absolute atomic E-state index is 11.7. The number of hydrogen-bond acceptors (Lipinski definition) is 9. The van der Waals surface area contributed by atoms with Gasteiger partial charge in [0.25, 0.3) is 0 Å². The van der Waals surface area contributed by atoms with E-state index in [9.17, 15) is 4.79 Å². The third-order valence-electron chi connectivity index (χ3n) is 5.87. The number of pyridine rings is 2. The number of anilines is 2. The molecule has 1 aliphatic carbocycles. The summed E-state index contributed by atoms with van der Waals surface area (Å²) in [5.74, 6) is 1.94. The molecule has 0 aliphatic heterocycles. The average molecular weight is 485 g/mol. The zero-order valence-corrected chi connectivity index (χ0v) is 20.1. The number of carbonyl (C=O) groups excluding carboxylic acids is 1. The lowest BCUT2D eigenvalue weighted by atomic mass is 9.86. The van der Waals surface area contributed by atoms with Gasteiger partial charge in [-0.1, -0.05) is 11.6 Å². The first-order valence-electron chi connectivity index (χ1n) is 11.6. The molecule has 0 saturated heterocycles. The molecule has 10 heteroatoms. The van der Waals surface area contributed by atoms with Crippen molar-refractivity contribution in [1.82, 2.24) is 19.9 Å². The molecule has 0 bridgehead atoms. The second-order valence-corrected chi connectivity index (χ2v) is 8.73. The molecule has 1 unspecified atom stereocenters. The van der Waals surface area contributed by atoms with E-state index in [1.807, 2.05) is 18.2 Å². The summed E-state index contributed by atoms with van der Waals surface area (Å²) in [5, 5.41) is 8.25. The Kier molecular flexibility index (Phi) is 7.95. The van der Waals surface area contributed by atoms with Crippen LogP contribution in [0.2, 0.25) is 5.15 Å². The van der Waals surface area contributed by atoms with Crippen molar-refractivity contribution < 1.29 is 14.3 Å². The Morgan fingerprint density at radius 1 is 1.15 bits per heavy atom. The number of esters is 1. The molecule has 180 valence electrons. The predicted molar refractivity (Wildman–Crippen MR) is 131 cm³/mol. The summed E-state index contributed by atoms with van der Waals surface area (Å²) < 4.78 is 10.5. The maximum Gasteiger partial charge on any atom is 0.347 e. The minimum Gasteiger partial charge on any atom is -0.476 e. The molecule has 0 spiro atoms. The summed E-state index contributed by atoms with van der Waals surface area (Å²) in [6.45, 7) is 4.52. The summed E-state index contributed by atoms with van der Waals surface area (Å²) >= 11 is 6.19. The Bertz CT molecular complexity index is 1110. The molecule has 3 aromatic rings. The molecule has 1 aliphatic rings. The fourth-order valence-corrected chi connectivity index (χ4v) is 4.24. The van der Waals surface area contributed by atoms with Crippen LogP contribution in [0.1, 0.15) is 39.5 Å². The van der Waals surface area contributed by atoms with Gasteiger partial charge in [0.15, 0.2) is 17.0 Å².